The van der Waals surface area contributed by atoms with Gasteiger partial charge in [0.15, 0.2) is 11.6 Å². The van der Waals surface area contributed by atoms with Gasteiger partial charge < -0.3 is 10.1 Å². The van der Waals surface area contributed by atoms with Crippen LogP contribution in [0.25, 0.3) is 0 Å². The van der Waals surface area contributed by atoms with Crippen LogP contribution < -0.4 is 10.1 Å². The van der Waals surface area contributed by atoms with Gasteiger partial charge >= 0.3 is 0 Å². The molecule has 0 radical (unpaired) electrons. The summed E-state index contributed by atoms with van der Waals surface area (Å²) in [6.07, 6.45) is 2.80. The molecule has 1 aliphatic carbocycles. The quantitative estimate of drug-likeness (QED) is 0.924. The van der Waals surface area contributed by atoms with E-state index in [0.29, 0.717) is 5.69 Å². The van der Waals surface area contributed by atoms with Gasteiger partial charge in [-0.2, -0.15) is 0 Å². The average molecular weight is 289 g/mol. The van der Waals surface area contributed by atoms with Gasteiger partial charge in [-0.1, -0.05) is 6.07 Å². The molecule has 2 aromatic rings. The highest BCUT2D eigenvalue weighted by Gasteiger charge is 2.19. The van der Waals surface area contributed by atoms with Crippen molar-refractivity contribution in [3.05, 3.63) is 59.2 Å². The first kappa shape index (κ1) is 13.9. The number of fused-ring (bicyclic) bond motifs is 1. The Labute approximate surface area is 122 Å². The fourth-order valence-electron chi connectivity index (χ4n) is 2.81. The summed E-state index contributed by atoms with van der Waals surface area (Å²) in [4.78, 5) is 0. The molecular formula is C17H17F2NO. The zero-order valence-electron chi connectivity index (χ0n) is 11.8. The number of nitrogens with one attached hydrogen (secondary N) is 1. The maximum Gasteiger partial charge on any atom is 0.160 e. The molecule has 1 N–H and O–H groups in total. The van der Waals surface area contributed by atoms with Crippen molar-refractivity contribution in [3.63, 3.8) is 0 Å². The normalized spacial score (nSPS) is 17.2. The van der Waals surface area contributed by atoms with Crippen LogP contribution >= 0.6 is 0 Å². The van der Waals surface area contributed by atoms with Gasteiger partial charge in [-0.15, -0.1) is 0 Å². The number of hydrogen-bond acceptors (Lipinski definition) is 2. The van der Waals surface area contributed by atoms with Crippen molar-refractivity contribution in [2.45, 2.75) is 25.3 Å². The Morgan fingerprint density at radius 1 is 1.05 bits per heavy atom. The summed E-state index contributed by atoms with van der Waals surface area (Å²) in [5.74, 6) is -0.792. The number of aryl methyl sites for hydroxylation is 1. The summed E-state index contributed by atoms with van der Waals surface area (Å²) in [5, 5.41) is 3.28. The highest BCUT2D eigenvalue weighted by molar-refractivity contribution is 5.46. The summed E-state index contributed by atoms with van der Waals surface area (Å²) >= 11 is 0. The monoisotopic (exact) mass is 289 g/mol. The third kappa shape index (κ3) is 2.99. The van der Waals surface area contributed by atoms with E-state index in [9.17, 15) is 8.78 Å². The van der Waals surface area contributed by atoms with Crippen molar-refractivity contribution in [1.82, 2.24) is 0 Å². The van der Waals surface area contributed by atoms with E-state index in [2.05, 4.69) is 17.4 Å². The molecule has 4 heteroatoms. The van der Waals surface area contributed by atoms with Crippen LogP contribution in [0.3, 0.4) is 0 Å². The van der Waals surface area contributed by atoms with E-state index in [0.717, 1.165) is 31.1 Å². The number of ether oxygens (including phenoxy) is 1. The predicted molar refractivity (Wildman–Crippen MR) is 78.8 cm³/mol. The van der Waals surface area contributed by atoms with Crippen LogP contribution in [0.5, 0.6) is 5.75 Å². The van der Waals surface area contributed by atoms with Crippen LogP contribution in [-0.2, 0) is 12.8 Å². The molecule has 3 rings (SSSR count). The van der Waals surface area contributed by atoms with Crippen molar-refractivity contribution >= 4 is 5.69 Å². The molecule has 2 aromatic carbocycles. The molecule has 1 atom stereocenters. The second-order valence-electron chi connectivity index (χ2n) is 5.35. The minimum Gasteiger partial charge on any atom is -0.497 e. The van der Waals surface area contributed by atoms with Gasteiger partial charge in [0, 0.05) is 17.8 Å². The smallest absolute Gasteiger partial charge is 0.160 e. The number of benzene rings is 2. The minimum atomic E-state index is -0.821. The van der Waals surface area contributed by atoms with E-state index in [1.54, 1.807) is 13.2 Å². The van der Waals surface area contributed by atoms with Gasteiger partial charge in [0.1, 0.15) is 5.75 Å². The Balaban J connectivity index is 1.74. The van der Waals surface area contributed by atoms with Gasteiger partial charge in [-0.25, -0.2) is 8.78 Å². The number of anilines is 1. The summed E-state index contributed by atoms with van der Waals surface area (Å²) in [6.45, 7) is 0. The van der Waals surface area contributed by atoms with E-state index in [4.69, 9.17) is 4.74 Å². The van der Waals surface area contributed by atoms with Gasteiger partial charge in [0.2, 0.25) is 0 Å². The van der Waals surface area contributed by atoms with Crippen molar-refractivity contribution in [2.24, 2.45) is 0 Å². The Hall–Kier alpha value is -2.10. The summed E-state index contributed by atoms with van der Waals surface area (Å²) in [7, 11) is 1.65. The second-order valence-corrected chi connectivity index (χ2v) is 5.35. The van der Waals surface area contributed by atoms with Crippen molar-refractivity contribution in [3.8, 4) is 5.75 Å². The van der Waals surface area contributed by atoms with Crippen LogP contribution in [-0.4, -0.2) is 13.2 Å². The van der Waals surface area contributed by atoms with Gasteiger partial charge in [0.05, 0.1) is 7.11 Å². The van der Waals surface area contributed by atoms with Gasteiger partial charge in [0.25, 0.3) is 0 Å². The molecular weight excluding hydrogens is 272 g/mol. The third-order valence-corrected chi connectivity index (χ3v) is 3.93. The molecule has 1 aliphatic rings. The highest BCUT2D eigenvalue weighted by Crippen LogP contribution is 2.27. The fraction of sp³-hybridized carbons (Fsp3) is 0.294. The molecule has 110 valence electrons. The van der Waals surface area contributed by atoms with E-state index in [1.165, 1.54) is 17.2 Å². The molecule has 21 heavy (non-hydrogen) atoms. The molecule has 0 bridgehead atoms. The Bertz CT molecular complexity index is 657. The molecule has 0 aliphatic heterocycles. The summed E-state index contributed by atoms with van der Waals surface area (Å²) in [5.41, 5.74) is 3.20. The van der Waals surface area contributed by atoms with Crippen LogP contribution in [0.2, 0.25) is 0 Å². The largest absolute Gasteiger partial charge is 0.497 e. The molecule has 0 aromatic heterocycles. The first-order valence-electron chi connectivity index (χ1n) is 7.03. The lowest BCUT2D eigenvalue weighted by Gasteiger charge is -2.26. The summed E-state index contributed by atoms with van der Waals surface area (Å²) < 4.78 is 31.4. The zero-order chi connectivity index (χ0) is 14.8. The zero-order valence-corrected chi connectivity index (χ0v) is 11.8. The SMILES string of the molecule is COc1ccc2c(c1)CC(Nc1ccc(F)c(F)c1)CC2. The maximum absolute atomic E-state index is 13.2. The molecule has 0 spiro atoms. The second kappa shape index (κ2) is 5.72. The lowest BCUT2D eigenvalue weighted by Crippen LogP contribution is -2.27. The molecule has 1 unspecified atom stereocenters. The standard InChI is InChI=1S/C17H17F2NO/c1-21-15-6-3-11-2-4-13(8-12(11)9-15)20-14-5-7-16(18)17(19)10-14/h3,5-7,9-10,13,20H,2,4,8H2,1H3. The van der Waals surface area contributed by atoms with Crippen molar-refractivity contribution < 1.29 is 13.5 Å². The van der Waals surface area contributed by atoms with Crippen LogP contribution in [0, 0.1) is 11.6 Å². The third-order valence-electron chi connectivity index (χ3n) is 3.93. The Morgan fingerprint density at radius 3 is 2.67 bits per heavy atom. The van der Waals surface area contributed by atoms with Gasteiger partial charge in [-0.3, -0.25) is 0 Å². The average Bonchev–Trinajstić information content (AvgIpc) is 2.50. The van der Waals surface area contributed by atoms with Crippen LogP contribution in [0.1, 0.15) is 17.5 Å². The molecule has 0 fully saturated rings. The topological polar surface area (TPSA) is 21.3 Å². The first-order chi connectivity index (χ1) is 10.2. The van der Waals surface area contributed by atoms with E-state index in [1.807, 2.05) is 6.07 Å². The molecule has 2 nitrogen and oxygen atoms in total. The lowest BCUT2D eigenvalue weighted by atomic mass is 9.88. The molecule has 0 amide bonds. The number of halogens is 2. The fourth-order valence-corrected chi connectivity index (χ4v) is 2.81. The van der Waals surface area contributed by atoms with Gasteiger partial charge in [-0.05, 0) is 54.7 Å². The number of methoxy groups -OCH3 is 1. The first-order valence-corrected chi connectivity index (χ1v) is 7.03. The van der Waals surface area contributed by atoms with E-state index in [-0.39, 0.29) is 6.04 Å². The minimum absolute atomic E-state index is 0.217. The molecule has 0 heterocycles. The van der Waals surface area contributed by atoms with Crippen molar-refractivity contribution in [1.29, 1.82) is 0 Å². The predicted octanol–water partition coefficient (Wildman–Crippen LogP) is 3.94. The van der Waals surface area contributed by atoms with Crippen LogP contribution in [0.4, 0.5) is 14.5 Å². The van der Waals surface area contributed by atoms with Crippen molar-refractivity contribution in [2.75, 3.05) is 12.4 Å². The molecule has 0 saturated heterocycles. The number of hydrogen-bond donors (Lipinski definition) is 1. The molecule has 0 saturated carbocycles. The van der Waals surface area contributed by atoms with E-state index >= 15 is 0 Å². The van der Waals surface area contributed by atoms with E-state index < -0.39 is 11.6 Å². The highest BCUT2D eigenvalue weighted by atomic mass is 19.2. The number of rotatable bonds is 3. The Morgan fingerprint density at radius 2 is 1.90 bits per heavy atom. The summed E-state index contributed by atoms with van der Waals surface area (Å²) in [6, 6.07) is 10.3. The maximum atomic E-state index is 13.2. The lowest BCUT2D eigenvalue weighted by molar-refractivity contribution is 0.413. The Kier molecular flexibility index (Phi) is 3.78. The van der Waals surface area contributed by atoms with Crippen LogP contribution in [0.15, 0.2) is 36.4 Å².